The van der Waals surface area contributed by atoms with Crippen molar-refractivity contribution in [3.05, 3.63) is 36.4 Å². The lowest BCUT2D eigenvalue weighted by molar-refractivity contribution is -0.0789. The normalized spacial score (nSPS) is 28.9. The molecule has 0 spiro atoms. The molecular weight excluding hydrogens is 278 g/mol. The minimum atomic E-state index is 0.342. The van der Waals surface area contributed by atoms with Crippen molar-refractivity contribution in [2.45, 2.75) is 38.1 Å². The average molecular weight is 301 g/mol. The summed E-state index contributed by atoms with van der Waals surface area (Å²) in [6, 6.07) is 2.53. The zero-order chi connectivity index (χ0) is 14.9. The Morgan fingerprint density at radius 3 is 3.05 bits per heavy atom. The van der Waals surface area contributed by atoms with Gasteiger partial charge >= 0.3 is 0 Å². The first-order valence-electron chi connectivity index (χ1n) is 8.10. The highest BCUT2D eigenvalue weighted by atomic mass is 16.5. The summed E-state index contributed by atoms with van der Waals surface area (Å²) in [7, 11) is 1.97. The molecule has 2 fully saturated rings. The summed E-state index contributed by atoms with van der Waals surface area (Å²) in [6.07, 6.45) is 10.8. The van der Waals surface area contributed by atoms with Crippen LogP contribution in [0.2, 0.25) is 0 Å². The number of aromatic nitrogens is 4. The Kier molecular flexibility index (Phi) is 3.72. The molecule has 2 aromatic heterocycles. The second-order valence-corrected chi connectivity index (χ2v) is 6.46. The highest BCUT2D eigenvalue weighted by Crippen LogP contribution is 2.36. The molecule has 22 heavy (non-hydrogen) atoms. The van der Waals surface area contributed by atoms with Gasteiger partial charge in [0.2, 0.25) is 0 Å². The number of nitrogens with zero attached hydrogens (tertiary/aromatic N) is 5. The van der Waals surface area contributed by atoms with E-state index in [1.165, 1.54) is 18.4 Å². The molecule has 4 rings (SSSR count). The second-order valence-electron chi connectivity index (χ2n) is 6.46. The van der Waals surface area contributed by atoms with E-state index in [0.717, 1.165) is 26.2 Å². The first-order valence-corrected chi connectivity index (χ1v) is 8.10. The van der Waals surface area contributed by atoms with Crippen molar-refractivity contribution < 1.29 is 4.74 Å². The number of ether oxygens (including phenoxy) is 1. The molecule has 1 aliphatic heterocycles. The standard InChI is InChI=1S/C16H23N5O/c1-19-10-13(9-18-19)11-20-7-8-22-16-14(3-4-15(16)20)12-21-6-2-5-17-21/h2,5-6,9-10,14-16H,3-4,7-8,11-12H2,1H3/t14-,15+,16+/m1/s1. The molecule has 1 saturated heterocycles. The Hall–Kier alpha value is -1.66. The van der Waals surface area contributed by atoms with Crippen LogP contribution in [0, 0.1) is 5.92 Å². The van der Waals surface area contributed by atoms with E-state index >= 15 is 0 Å². The van der Waals surface area contributed by atoms with Crippen LogP contribution < -0.4 is 0 Å². The third-order valence-electron chi connectivity index (χ3n) is 4.96. The van der Waals surface area contributed by atoms with Crippen LogP contribution >= 0.6 is 0 Å². The molecule has 1 saturated carbocycles. The van der Waals surface area contributed by atoms with Crippen LogP contribution in [0.5, 0.6) is 0 Å². The molecule has 6 nitrogen and oxygen atoms in total. The van der Waals surface area contributed by atoms with Gasteiger partial charge in [0.05, 0.1) is 18.9 Å². The van der Waals surface area contributed by atoms with Crippen molar-refractivity contribution in [2.24, 2.45) is 13.0 Å². The van der Waals surface area contributed by atoms with E-state index in [2.05, 4.69) is 21.3 Å². The number of fused-ring (bicyclic) bond motifs is 1. The molecule has 3 heterocycles. The number of hydrogen-bond donors (Lipinski definition) is 0. The fourth-order valence-electron chi connectivity index (χ4n) is 3.97. The smallest absolute Gasteiger partial charge is 0.0776 e. The maximum absolute atomic E-state index is 6.13. The molecule has 1 aliphatic carbocycles. The fraction of sp³-hybridized carbons (Fsp3) is 0.625. The van der Waals surface area contributed by atoms with Crippen LogP contribution in [0.15, 0.2) is 30.9 Å². The third kappa shape index (κ3) is 2.68. The summed E-state index contributed by atoms with van der Waals surface area (Å²) >= 11 is 0. The van der Waals surface area contributed by atoms with E-state index in [4.69, 9.17) is 4.74 Å². The Morgan fingerprint density at radius 2 is 2.27 bits per heavy atom. The molecule has 3 atom stereocenters. The molecule has 0 amide bonds. The maximum atomic E-state index is 6.13. The van der Waals surface area contributed by atoms with Crippen LogP contribution in [0.1, 0.15) is 18.4 Å². The summed E-state index contributed by atoms with van der Waals surface area (Å²) in [5, 5.41) is 8.62. The largest absolute Gasteiger partial charge is 0.375 e. The lowest BCUT2D eigenvalue weighted by Gasteiger charge is -2.39. The molecule has 0 unspecified atom stereocenters. The van der Waals surface area contributed by atoms with E-state index in [1.54, 1.807) is 0 Å². The Bertz CT molecular complexity index is 608. The van der Waals surface area contributed by atoms with Gasteiger partial charge in [0.1, 0.15) is 0 Å². The summed E-state index contributed by atoms with van der Waals surface area (Å²) in [5.41, 5.74) is 1.29. The predicted molar refractivity (Wildman–Crippen MR) is 82.1 cm³/mol. The van der Waals surface area contributed by atoms with Crippen LogP contribution in [-0.4, -0.2) is 49.8 Å². The lowest BCUT2D eigenvalue weighted by atomic mass is 10.0. The summed E-state index contributed by atoms with van der Waals surface area (Å²) in [4.78, 5) is 2.58. The molecule has 6 heteroatoms. The van der Waals surface area contributed by atoms with Gasteiger partial charge in [-0.05, 0) is 18.9 Å². The Labute approximate surface area is 130 Å². The maximum Gasteiger partial charge on any atom is 0.0776 e. The van der Waals surface area contributed by atoms with Gasteiger partial charge < -0.3 is 4.74 Å². The second kappa shape index (κ2) is 5.85. The van der Waals surface area contributed by atoms with Gasteiger partial charge in [0.25, 0.3) is 0 Å². The van der Waals surface area contributed by atoms with Crippen LogP contribution in [-0.2, 0) is 24.9 Å². The van der Waals surface area contributed by atoms with E-state index in [-0.39, 0.29) is 0 Å². The van der Waals surface area contributed by atoms with Crippen molar-refractivity contribution >= 4 is 0 Å². The first kappa shape index (κ1) is 14.0. The third-order valence-corrected chi connectivity index (χ3v) is 4.96. The molecule has 0 aromatic carbocycles. The molecule has 118 valence electrons. The van der Waals surface area contributed by atoms with Crippen LogP contribution in [0.4, 0.5) is 0 Å². The summed E-state index contributed by atoms with van der Waals surface area (Å²) < 4.78 is 10.0. The lowest BCUT2D eigenvalue weighted by Crippen LogP contribution is -2.50. The van der Waals surface area contributed by atoms with Crippen LogP contribution in [0.3, 0.4) is 0 Å². The average Bonchev–Trinajstić information content (AvgIpc) is 3.23. The van der Waals surface area contributed by atoms with E-state index in [9.17, 15) is 0 Å². The Morgan fingerprint density at radius 1 is 1.32 bits per heavy atom. The zero-order valence-corrected chi connectivity index (χ0v) is 13.0. The minimum Gasteiger partial charge on any atom is -0.375 e. The monoisotopic (exact) mass is 301 g/mol. The quantitative estimate of drug-likeness (QED) is 0.854. The number of aryl methyl sites for hydroxylation is 1. The van der Waals surface area contributed by atoms with Gasteiger partial charge in [-0.15, -0.1) is 0 Å². The van der Waals surface area contributed by atoms with Crippen LogP contribution in [0.25, 0.3) is 0 Å². The molecule has 0 N–H and O–H groups in total. The number of rotatable bonds is 4. The van der Waals surface area contributed by atoms with Crippen molar-refractivity contribution in [1.82, 2.24) is 24.5 Å². The van der Waals surface area contributed by atoms with Crippen molar-refractivity contribution in [3.63, 3.8) is 0 Å². The SMILES string of the molecule is Cn1cc(CN2CCO[C@H]3[C@@H](Cn4cccn4)CC[C@@H]32)cn1. The minimum absolute atomic E-state index is 0.342. The molecule has 0 radical (unpaired) electrons. The number of hydrogen-bond acceptors (Lipinski definition) is 4. The van der Waals surface area contributed by atoms with Crippen molar-refractivity contribution in [1.29, 1.82) is 0 Å². The van der Waals surface area contributed by atoms with Crippen molar-refractivity contribution in [2.75, 3.05) is 13.2 Å². The molecule has 2 aromatic rings. The molecule has 2 aliphatic rings. The van der Waals surface area contributed by atoms with Gasteiger partial charge in [-0.2, -0.15) is 10.2 Å². The van der Waals surface area contributed by atoms with Gasteiger partial charge in [-0.1, -0.05) is 0 Å². The van der Waals surface area contributed by atoms with Gasteiger partial charge in [0.15, 0.2) is 0 Å². The predicted octanol–water partition coefficient (Wildman–Crippen LogP) is 1.30. The summed E-state index contributed by atoms with van der Waals surface area (Å²) in [5.74, 6) is 0.571. The van der Waals surface area contributed by atoms with E-state index < -0.39 is 0 Å². The fourth-order valence-corrected chi connectivity index (χ4v) is 3.97. The molecule has 0 bridgehead atoms. The Balaban J connectivity index is 1.44. The zero-order valence-electron chi connectivity index (χ0n) is 13.0. The molecular formula is C16H23N5O. The van der Waals surface area contributed by atoms with Crippen molar-refractivity contribution in [3.8, 4) is 0 Å². The van der Waals surface area contributed by atoms with Gasteiger partial charge in [0, 0.05) is 62.8 Å². The number of morpholine rings is 1. The van der Waals surface area contributed by atoms with E-state index in [0.29, 0.717) is 18.1 Å². The van der Waals surface area contributed by atoms with Gasteiger partial charge in [-0.3, -0.25) is 14.3 Å². The van der Waals surface area contributed by atoms with E-state index in [1.807, 2.05) is 41.1 Å². The van der Waals surface area contributed by atoms with Gasteiger partial charge in [-0.25, -0.2) is 0 Å². The topological polar surface area (TPSA) is 48.1 Å². The highest BCUT2D eigenvalue weighted by Gasteiger charge is 2.42. The summed E-state index contributed by atoms with van der Waals surface area (Å²) in [6.45, 7) is 3.79. The first-order chi connectivity index (χ1) is 10.8. The highest BCUT2D eigenvalue weighted by molar-refractivity contribution is 5.05.